The van der Waals surface area contributed by atoms with Crippen molar-refractivity contribution in [1.82, 2.24) is 0 Å². The fourth-order valence-electron chi connectivity index (χ4n) is 7.59. The molecule has 2 fully saturated rings. The molecule has 63 heavy (non-hydrogen) atoms. The molecular formula is C48H86O15. The zero-order chi connectivity index (χ0) is 46.1. The number of rotatable bonds is 37. The predicted molar refractivity (Wildman–Crippen MR) is 238 cm³/mol. The summed E-state index contributed by atoms with van der Waals surface area (Å²) in [4.78, 5) is 25.7. The lowest BCUT2D eigenvalue weighted by Gasteiger charge is -2.42. The standard InChI is InChI=1S/C48H86O15/c1-3-5-7-9-11-13-15-17-19-21-23-25-27-29-31-40(51)61-36(33-58-39(50)30-28-26-24-22-20-18-16-14-12-10-8-6-4-2)34-59-47-46(57)44(55)42(53)38(63-47)35-60-48-45(56)43(54)41(52)37(32-49)62-48/h9,11,15,17,36-38,41-49,52-57H,3-8,10,12-14,16,18-35H2,1-2H3/b11-9+,17-15+/t36-,37-,38-,41+,42+,43?,44?,45?,46?,47-,48-/m1/s1. The van der Waals surface area contributed by atoms with Crippen molar-refractivity contribution in [3.63, 3.8) is 0 Å². The Morgan fingerprint density at radius 3 is 1.52 bits per heavy atom. The van der Waals surface area contributed by atoms with Gasteiger partial charge >= 0.3 is 11.9 Å². The highest BCUT2D eigenvalue weighted by molar-refractivity contribution is 5.70. The third-order valence-electron chi connectivity index (χ3n) is 11.7. The van der Waals surface area contributed by atoms with Crippen LogP contribution in [0, 0.1) is 0 Å². The van der Waals surface area contributed by atoms with E-state index in [0.717, 1.165) is 64.2 Å². The van der Waals surface area contributed by atoms with Gasteiger partial charge in [-0.2, -0.15) is 0 Å². The number of hydrogen-bond donors (Lipinski definition) is 7. The maximum Gasteiger partial charge on any atom is 0.306 e. The van der Waals surface area contributed by atoms with E-state index in [-0.39, 0.29) is 26.1 Å². The molecule has 15 nitrogen and oxygen atoms in total. The van der Waals surface area contributed by atoms with Gasteiger partial charge < -0.3 is 64.2 Å². The minimum Gasteiger partial charge on any atom is -0.462 e. The maximum atomic E-state index is 13.0. The monoisotopic (exact) mass is 903 g/mol. The maximum absolute atomic E-state index is 13.0. The number of aliphatic hydroxyl groups excluding tert-OH is 7. The Morgan fingerprint density at radius 1 is 0.508 bits per heavy atom. The number of carbonyl (C=O) groups excluding carboxylic acids is 2. The Morgan fingerprint density at radius 2 is 0.968 bits per heavy atom. The highest BCUT2D eigenvalue weighted by atomic mass is 16.7. The van der Waals surface area contributed by atoms with Crippen molar-refractivity contribution in [3.8, 4) is 0 Å². The van der Waals surface area contributed by atoms with Gasteiger partial charge in [0.1, 0.15) is 55.4 Å². The van der Waals surface area contributed by atoms with Crippen LogP contribution in [0.5, 0.6) is 0 Å². The van der Waals surface area contributed by atoms with Crippen LogP contribution in [0.25, 0.3) is 0 Å². The minimum absolute atomic E-state index is 0.151. The lowest BCUT2D eigenvalue weighted by molar-refractivity contribution is -0.332. The number of aliphatic hydroxyl groups is 7. The van der Waals surface area contributed by atoms with Crippen LogP contribution in [0.1, 0.15) is 174 Å². The minimum atomic E-state index is -1.76. The lowest BCUT2D eigenvalue weighted by atomic mass is 9.98. The molecule has 0 aromatic heterocycles. The zero-order valence-corrected chi connectivity index (χ0v) is 38.6. The molecule has 2 saturated heterocycles. The van der Waals surface area contributed by atoms with Crippen molar-refractivity contribution < 1.29 is 73.8 Å². The van der Waals surface area contributed by atoms with E-state index in [0.29, 0.717) is 12.8 Å². The third-order valence-corrected chi connectivity index (χ3v) is 11.7. The van der Waals surface area contributed by atoms with Crippen molar-refractivity contribution in [3.05, 3.63) is 24.3 Å². The number of carbonyl (C=O) groups is 2. The summed E-state index contributed by atoms with van der Waals surface area (Å²) in [6.45, 7) is 2.53. The molecule has 2 aliphatic heterocycles. The second-order valence-electron chi connectivity index (χ2n) is 17.3. The summed E-state index contributed by atoms with van der Waals surface area (Å²) in [7, 11) is 0. The molecule has 0 spiro atoms. The van der Waals surface area contributed by atoms with Crippen molar-refractivity contribution in [1.29, 1.82) is 0 Å². The number of allylic oxidation sites excluding steroid dienone is 4. The van der Waals surface area contributed by atoms with Gasteiger partial charge in [-0.05, 0) is 38.5 Å². The summed E-state index contributed by atoms with van der Waals surface area (Å²) >= 11 is 0. The smallest absolute Gasteiger partial charge is 0.306 e. The summed E-state index contributed by atoms with van der Waals surface area (Å²) < 4.78 is 33.5. The molecule has 0 aromatic carbocycles. The quantitative estimate of drug-likeness (QED) is 0.0216. The van der Waals surface area contributed by atoms with Crippen LogP contribution in [0.15, 0.2) is 24.3 Å². The number of unbranched alkanes of at least 4 members (excludes halogenated alkanes) is 19. The molecule has 15 heteroatoms. The second-order valence-corrected chi connectivity index (χ2v) is 17.3. The zero-order valence-electron chi connectivity index (χ0n) is 38.6. The molecule has 2 heterocycles. The van der Waals surface area contributed by atoms with Crippen molar-refractivity contribution in [2.45, 2.75) is 242 Å². The first kappa shape index (κ1) is 57.1. The molecule has 7 N–H and O–H groups in total. The average Bonchev–Trinajstić information content (AvgIpc) is 3.28. The molecule has 368 valence electrons. The summed E-state index contributed by atoms with van der Waals surface area (Å²) in [5.74, 6) is -0.937. The number of hydrogen-bond acceptors (Lipinski definition) is 15. The molecule has 0 amide bonds. The normalized spacial score (nSPS) is 27.0. The lowest BCUT2D eigenvalue weighted by Crippen LogP contribution is -2.61. The van der Waals surface area contributed by atoms with Crippen LogP contribution in [0.2, 0.25) is 0 Å². The van der Waals surface area contributed by atoms with Crippen molar-refractivity contribution in [2.75, 3.05) is 26.4 Å². The third kappa shape index (κ3) is 24.9. The van der Waals surface area contributed by atoms with E-state index in [1.165, 1.54) is 70.6 Å². The Hall–Kier alpha value is -2.02. The molecule has 0 saturated carbocycles. The molecule has 4 unspecified atom stereocenters. The summed E-state index contributed by atoms with van der Waals surface area (Å²) in [5, 5.41) is 71.9. The second kappa shape index (κ2) is 36.1. The first-order valence-corrected chi connectivity index (χ1v) is 24.4. The topological polar surface area (TPSA) is 231 Å². The Labute approximate surface area is 377 Å². The number of esters is 2. The Balaban J connectivity index is 1.84. The molecule has 0 aliphatic carbocycles. The molecular weight excluding hydrogens is 817 g/mol. The molecule has 0 aromatic rings. The van der Waals surface area contributed by atoms with Crippen LogP contribution in [-0.4, -0.2) is 142 Å². The van der Waals surface area contributed by atoms with Gasteiger partial charge in [-0.15, -0.1) is 0 Å². The van der Waals surface area contributed by atoms with Crippen LogP contribution in [0.3, 0.4) is 0 Å². The van der Waals surface area contributed by atoms with Gasteiger partial charge in [0, 0.05) is 12.8 Å². The van der Waals surface area contributed by atoms with E-state index in [4.69, 9.17) is 28.4 Å². The number of ether oxygens (including phenoxy) is 6. The van der Waals surface area contributed by atoms with E-state index >= 15 is 0 Å². The van der Waals surface area contributed by atoms with Crippen LogP contribution >= 0.6 is 0 Å². The molecule has 2 aliphatic rings. The molecule has 0 radical (unpaired) electrons. The Kier molecular flexibility index (Phi) is 32.8. The summed E-state index contributed by atoms with van der Waals surface area (Å²) in [5.41, 5.74) is 0. The van der Waals surface area contributed by atoms with E-state index < -0.39 is 92.7 Å². The summed E-state index contributed by atoms with van der Waals surface area (Å²) in [6, 6.07) is 0. The highest BCUT2D eigenvalue weighted by Gasteiger charge is 2.47. The van der Waals surface area contributed by atoms with Crippen LogP contribution < -0.4 is 0 Å². The van der Waals surface area contributed by atoms with E-state index in [9.17, 15) is 45.3 Å². The van der Waals surface area contributed by atoms with Gasteiger partial charge in [-0.25, -0.2) is 0 Å². The first-order valence-electron chi connectivity index (χ1n) is 24.4. The van der Waals surface area contributed by atoms with Crippen molar-refractivity contribution >= 4 is 11.9 Å². The van der Waals surface area contributed by atoms with E-state index in [1.54, 1.807) is 0 Å². The van der Waals surface area contributed by atoms with Gasteiger partial charge in [-0.3, -0.25) is 9.59 Å². The molecule has 0 bridgehead atoms. The van der Waals surface area contributed by atoms with Gasteiger partial charge in [-0.1, -0.05) is 147 Å². The molecule has 2 rings (SSSR count). The van der Waals surface area contributed by atoms with E-state index in [2.05, 4.69) is 38.2 Å². The fraction of sp³-hybridized carbons (Fsp3) is 0.875. The Bertz CT molecular complexity index is 1200. The average molecular weight is 903 g/mol. The van der Waals surface area contributed by atoms with Gasteiger partial charge in [0.05, 0.1) is 19.8 Å². The van der Waals surface area contributed by atoms with Gasteiger partial charge in [0.25, 0.3) is 0 Å². The largest absolute Gasteiger partial charge is 0.462 e. The van der Waals surface area contributed by atoms with E-state index in [1.807, 2.05) is 0 Å². The fourth-order valence-corrected chi connectivity index (χ4v) is 7.59. The van der Waals surface area contributed by atoms with Crippen LogP contribution in [0.4, 0.5) is 0 Å². The predicted octanol–water partition coefficient (Wildman–Crippen LogP) is 5.99. The SMILES string of the molecule is CCCC/C=C/C/C=C/CCCCCCCC(=O)O[C@H](COC(=O)CCCCCCCCCCCCCCC)CO[C@@H]1O[C@H](CO[C@@H]2O[C@H](CO)[C@H](O)C(O)C2O)[C@H](O)C(O)C1O. The van der Waals surface area contributed by atoms with Crippen LogP contribution in [-0.2, 0) is 38.0 Å². The van der Waals surface area contributed by atoms with Crippen molar-refractivity contribution in [2.24, 2.45) is 0 Å². The first-order chi connectivity index (χ1) is 30.5. The molecule has 11 atom stereocenters. The van der Waals surface area contributed by atoms with Gasteiger partial charge in [0.2, 0.25) is 0 Å². The highest BCUT2D eigenvalue weighted by Crippen LogP contribution is 2.26. The van der Waals surface area contributed by atoms with Gasteiger partial charge in [0.15, 0.2) is 18.7 Å². The summed E-state index contributed by atoms with van der Waals surface area (Å²) in [6.07, 6.45) is 17.8.